The average molecular weight is 425 g/mol. The summed E-state index contributed by atoms with van der Waals surface area (Å²) in [5.74, 6) is 3.15. The van der Waals surface area contributed by atoms with Gasteiger partial charge in [0.25, 0.3) is 0 Å². The number of rotatable bonds is 9. The molecule has 0 aliphatic heterocycles. The average Bonchev–Trinajstić information content (AvgIpc) is 3.29. The Morgan fingerprint density at radius 1 is 0.968 bits per heavy atom. The lowest BCUT2D eigenvalue weighted by molar-refractivity contribution is 0.324. The van der Waals surface area contributed by atoms with Crippen molar-refractivity contribution >= 4 is 5.96 Å². The zero-order valence-electron chi connectivity index (χ0n) is 18.3. The van der Waals surface area contributed by atoms with Crippen molar-refractivity contribution in [1.82, 2.24) is 15.8 Å². The first kappa shape index (κ1) is 22.0. The van der Waals surface area contributed by atoms with Crippen LogP contribution in [0.3, 0.4) is 0 Å². The summed E-state index contributed by atoms with van der Waals surface area (Å²) in [5.41, 5.74) is 2.71. The molecule has 0 atom stereocenters. The Hall–Kier alpha value is -3.68. The summed E-state index contributed by atoms with van der Waals surface area (Å²) in [4.78, 5) is 4.65. The maximum absolute atomic E-state index is 5.46. The molecule has 3 aromatic rings. The Morgan fingerprint density at radius 3 is 2.29 bits per heavy atom. The summed E-state index contributed by atoms with van der Waals surface area (Å²) < 4.78 is 21.7. The third kappa shape index (κ3) is 5.69. The molecule has 164 valence electrons. The lowest BCUT2D eigenvalue weighted by Gasteiger charge is -2.14. The number of hydrogen-bond donors (Lipinski definition) is 2. The zero-order chi connectivity index (χ0) is 22.1. The first-order chi connectivity index (χ1) is 15.2. The maximum atomic E-state index is 5.46. The van der Waals surface area contributed by atoms with Crippen molar-refractivity contribution in [1.29, 1.82) is 0 Å². The highest BCUT2D eigenvalue weighted by molar-refractivity contribution is 5.79. The molecular formula is C23H28N4O4. The summed E-state index contributed by atoms with van der Waals surface area (Å²) in [5, 5.41) is 10.7. The van der Waals surface area contributed by atoms with Crippen LogP contribution in [0.15, 0.2) is 58.0 Å². The number of hydrogen-bond acceptors (Lipinski definition) is 6. The summed E-state index contributed by atoms with van der Waals surface area (Å²) in [6.45, 7) is 3.66. The van der Waals surface area contributed by atoms with Crippen LogP contribution in [0.2, 0.25) is 0 Å². The van der Waals surface area contributed by atoms with Gasteiger partial charge in [0.1, 0.15) is 5.69 Å². The highest BCUT2D eigenvalue weighted by atomic mass is 16.5. The normalized spacial score (nSPS) is 11.2. The first-order valence-corrected chi connectivity index (χ1v) is 10.0. The molecule has 2 aromatic carbocycles. The summed E-state index contributed by atoms with van der Waals surface area (Å²) >= 11 is 0. The van der Waals surface area contributed by atoms with E-state index in [1.807, 2.05) is 55.5 Å². The predicted molar refractivity (Wildman–Crippen MR) is 120 cm³/mol. The molecule has 0 aliphatic carbocycles. The monoisotopic (exact) mass is 424 g/mol. The van der Waals surface area contributed by atoms with Gasteiger partial charge in [-0.2, -0.15) is 0 Å². The molecule has 1 heterocycles. The number of aliphatic imine (C=N–C) groups is 1. The molecule has 0 spiro atoms. The van der Waals surface area contributed by atoms with Crippen molar-refractivity contribution in [3.8, 4) is 28.6 Å². The summed E-state index contributed by atoms with van der Waals surface area (Å²) in [6, 6.07) is 15.6. The Balaban J connectivity index is 1.69. The molecule has 0 bridgehead atoms. The lowest BCUT2D eigenvalue weighted by atomic mass is 10.2. The molecule has 8 heteroatoms. The highest BCUT2D eigenvalue weighted by Crippen LogP contribution is 2.38. The van der Waals surface area contributed by atoms with Crippen molar-refractivity contribution in [2.24, 2.45) is 4.99 Å². The molecule has 3 rings (SSSR count). The van der Waals surface area contributed by atoms with Crippen molar-refractivity contribution < 1.29 is 18.7 Å². The fraction of sp³-hybridized carbons (Fsp3) is 0.304. The van der Waals surface area contributed by atoms with Crippen LogP contribution in [0.25, 0.3) is 11.3 Å². The van der Waals surface area contributed by atoms with E-state index in [4.69, 9.17) is 18.7 Å². The zero-order valence-corrected chi connectivity index (χ0v) is 18.3. The summed E-state index contributed by atoms with van der Waals surface area (Å²) in [7, 11) is 4.77. The third-order valence-electron chi connectivity index (χ3n) is 4.54. The van der Waals surface area contributed by atoms with Crippen LogP contribution in [-0.4, -0.2) is 39.0 Å². The number of benzene rings is 2. The van der Waals surface area contributed by atoms with Gasteiger partial charge in [0.05, 0.1) is 34.4 Å². The van der Waals surface area contributed by atoms with Crippen LogP contribution in [0.1, 0.15) is 18.2 Å². The van der Waals surface area contributed by atoms with E-state index in [1.165, 1.54) is 0 Å². The molecule has 0 aliphatic rings. The Bertz CT molecular complexity index is 977. The van der Waals surface area contributed by atoms with Crippen molar-refractivity contribution in [2.75, 3.05) is 27.9 Å². The molecule has 0 fully saturated rings. The number of aromatic nitrogens is 1. The van der Waals surface area contributed by atoms with Crippen molar-refractivity contribution in [3.63, 3.8) is 0 Å². The molecule has 31 heavy (non-hydrogen) atoms. The van der Waals surface area contributed by atoms with E-state index in [2.05, 4.69) is 20.8 Å². The SMILES string of the molecule is CCNC(=NCc1cc(OC)c(OC)c(OC)c1)NCc1cc(-c2ccccc2)on1. The van der Waals surface area contributed by atoms with Gasteiger partial charge >= 0.3 is 0 Å². The fourth-order valence-electron chi connectivity index (χ4n) is 3.05. The topological polar surface area (TPSA) is 90.1 Å². The van der Waals surface area contributed by atoms with E-state index in [-0.39, 0.29) is 0 Å². The number of nitrogens with one attached hydrogen (secondary N) is 2. The molecule has 0 radical (unpaired) electrons. The van der Waals surface area contributed by atoms with E-state index in [9.17, 15) is 0 Å². The van der Waals surface area contributed by atoms with E-state index >= 15 is 0 Å². The second-order valence-electron chi connectivity index (χ2n) is 6.63. The van der Waals surface area contributed by atoms with E-state index in [1.54, 1.807) is 21.3 Å². The lowest BCUT2D eigenvalue weighted by Crippen LogP contribution is -2.36. The highest BCUT2D eigenvalue weighted by Gasteiger charge is 2.13. The minimum absolute atomic E-state index is 0.431. The third-order valence-corrected chi connectivity index (χ3v) is 4.54. The van der Waals surface area contributed by atoms with Crippen molar-refractivity contribution in [3.05, 3.63) is 59.8 Å². The van der Waals surface area contributed by atoms with Crippen LogP contribution < -0.4 is 24.8 Å². The van der Waals surface area contributed by atoms with Gasteiger partial charge < -0.3 is 29.4 Å². The van der Waals surface area contributed by atoms with Gasteiger partial charge in [-0.1, -0.05) is 35.5 Å². The van der Waals surface area contributed by atoms with E-state index in [0.29, 0.717) is 36.3 Å². The largest absolute Gasteiger partial charge is 0.493 e. The number of nitrogens with zero attached hydrogens (tertiary/aromatic N) is 2. The number of methoxy groups -OCH3 is 3. The smallest absolute Gasteiger partial charge is 0.203 e. The second kappa shape index (κ2) is 10.9. The molecule has 0 saturated heterocycles. The summed E-state index contributed by atoms with van der Waals surface area (Å²) in [6.07, 6.45) is 0. The fourth-order valence-corrected chi connectivity index (χ4v) is 3.05. The van der Waals surface area contributed by atoms with Gasteiger partial charge in [0.2, 0.25) is 5.75 Å². The van der Waals surface area contributed by atoms with Crippen molar-refractivity contribution in [2.45, 2.75) is 20.0 Å². The van der Waals surface area contributed by atoms with Gasteiger partial charge in [0, 0.05) is 18.2 Å². The van der Waals surface area contributed by atoms with Gasteiger partial charge in [-0.3, -0.25) is 0 Å². The van der Waals surface area contributed by atoms with Crippen LogP contribution in [-0.2, 0) is 13.1 Å². The molecule has 0 amide bonds. The molecule has 8 nitrogen and oxygen atoms in total. The number of guanidine groups is 1. The Morgan fingerprint density at radius 2 is 1.68 bits per heavy atom. The molecule has 0 saturated carbocycles. The van der Waals surface area contributed by atoms with Crippen LogP contribution in [0.4, 0.5) is 0 Å². The predicted octanol–water partition coefficient (Wildman–Crippen LogP) is 3.62. The van der Waals surface area contributed by atoms with E-state index in [0.717, 1.165) is 29.1 Å². The van der Waals surface area contributed by atoms with Gasteiger partial charge in [-0.25, -0.2) is 4.99 Å². The maximum Gasteiger partial charge on any atom is 0.203 e. The van der Waals surface area contributed by atoms with Crippen LogP contribution in [0.5, 0.6) is 17.2 Å². The molecular weight excluding hydrogens is 396 g/mol. The standard InChI is InChI=1S/C23H28N4O4/c1-5-24-23(25-14-16-11-20(28-2)22(30-4)21(12-16)29-3)26-15-18-13-19(31-27-18)17-9-7-6-8-10-17/h6-13H,5,14-15H2,1-4H3,(H2,24,25,26). The molecule has 2 N–H and O–H groups in total. The van der Waals surface area contributed by atoms with Gasteiger partial charge in [-0.05, 0) is 24.6 Å². The minimum atomic E-state index is 0.431. The first-order valence-electron chi connectivity index (χ1n) is 10.0. The Labute approximate surface area is 182 Å². The van der Waals surface area contributed by atoms with Gasteiger partial charge in [0.15, 0.2) is 23.2 Å². The quantitative estimate of drug-likeness (QED) is 0.400. The second-order valence-corrected chi connectivity index (χ2v) is 6.63. The van der Waals surface area contributed by atoms with Gasteiger partial charge in [-0.15, -0.1) is 0 Å². The minimum Gasteiger partial charge on any atom is -0.493 e. The van der Waals surface area contributed by atoms with E-state index < -0.39 is 0 Å². The Kier molecular flexibility index (Phi) is 7.75. The molecule has 1 aromatic heterocycles. The number of ether oxygens (including phenoxy) is 3. The molecule has 0 unspecified atom stereocenters. The van der Waals surface area contributed by atoms with Crippen LogP contribution >= 0.6 is 0 Å². The van der Waals surface area contributed by atoms with Crippen LogP contribution in [0, 0.1) is 0 Å².